The first-order valence-corrected chi connectivity index (χ1v) is 5.52. The van der Waals surface area contributed by atoms with Gasteiger partial charge >= 0.3 is 0 Å². The summed E-state index contributed by atoms with van der Waals surface area (Å²) in [5, 5.41) is 18.1. The summed E-state index contributed by atoms with van der Waals surface area (Å²) in [7, 11) is 0. The van der Waals surface area contributed by atoms with Gasteiger partial charge in [0, 0.05) is 5.56 Å². The van der Waals surface area contributed by atoms with Gasteiger partial charge in [-0.15, -0.1) is 10.2 Å². The van der Waals surface area contributed by atoms with E-state index in [4.69, 9.17) is 4.42 Å². The van der Waals surface area contributed by atoms with Crippen molar-refractivity contribution in [3.63, 3.8) is 0 Å². The predicted octanol–water partition coefficient (Wildman–Crippen LogP) is 2.96. The molecule has 0 aliphatic rings. The highest BCUT2D eigenvalue weighted by molar-refractivity contribution is 5.53. The Hall–Kier alpha value is -1.68. The molecule has 1 heterocycles. The molecule has 0 unspecified atom stereocenters. The number of aromatic nitrogens is 2. The maximum Gasteiger partial charge on any atom is 0.247 e. The molecule has 0 atom stereocenters. The summed E-state index contributed by atoms with van der Waals surface area (Å²) in [5.41, 5.74) is 2.20. The largest absolute Gasteiger partial charge is 0.418 e. The van der Waals surface area contributed by atoms with Crippen molar-refractivity contribution in [2.45, 2.75) is 32.8 Å². The SMILES string of the molecule is CC(C)(C)c1ccc(-c2nnc(C[O])o2)cc1. The highest BCUT2D eigenvalue weighted by atomic mass is 16.4. The molecule has 0 N–H and O–H groups in total. The van der Waals surface area contributed by atoms with Crippen LogP contribution < -0.4 is 0 Å². The minimum Gasteiger partial charge on any atom is -0.418 e. The van der Waals surface area contributed by atoms with E-state index in [1.807, 2.05) is 24.3 Å². The molecular weight excluding hydrogens is 216 g/mol. The molecule has 0 saturated carbocycles. The minimum absolute atomic E-state index is 0.119. The van der Waals surface area contributed by atoms with Crippen molar-refractivity contribution in [1.29, 1.82) is 0 Å². The van der Waals surface area contributed by atoms with Gasteiger partial charge in [-0.25, -0.2) is 5.11 Å². The summed E-state index contributed by atoms with van der Waals surface area (Å²) < 4.78 is 5.21. The normalized spacial score (nSPS) is 11.8. The number of benzene rings is 1. The number of hydrogen-bond donors (Lipinski definition) is 0. The first-order chi connectivity index (χ1) is 8.00. The van der Waals surface area contributed by atoms with Crippen molar-refractivity contribution >= 4 is 0 Å². The lowest BCUT2D eigenvalue weighted by Gasteiger charge is -2.18. The average Bonchev–Trinajstić information content (AvgIpc) is 2.76. The highest BCUT2D eigenvalue weighted by Crippen LogP contribution is 2.25. The van der Waals surface area contributed by atoms with Crippen LogP contribution in [0.25, 0.3) is 11.5 Å². The number of hydrogen-bond acceptors (Lipinski definition) is 3. The first-order valence-electron chi connectivity index (χ1n) is 5.52. The summed E-state index contributed by atoms with van der Waals surface area (Å²) in [6.45, 7) is 5.99. The molecule has 4 nitrogen and oxygen atoms in total. The van der Waals surface area contributed by atoms with Crippen LogP contribution in [0.15, 0.2) is 28.7 Å². The van der Waals surface area contributed by atoms with Crippen LogP contribution in [0.1, 0.15) is 32.2 Å². The molecule has 0 aliphatic heterocycles. The van der Waals surface area contributed by atoms with Crippen LogP contribution >= 0.6 is 0 Å². The standard InChI is InChI=1S/C13H15N2O2/c1-13(2,3)10-6-4-9(5-7-10)12-15-14-11(8-16)17-12/h4-7H,8H2,1-3H3. The van der Waals surface area contributed by atoms with E-state index >= 15 is 0 Å². The van der Waals surface area contributed by atoms with Crippen LogP contribution in [-0.4, -0.2) is 10.2 Å². The minimum atomic E-state index is -0.479. The lowest BCUT2D eigenvalue weighted by Crippen LogP contribution is -2.10. The lowest BCUT2D eigenvalue weighted by molar-refractivity contribution is 0.151. The van der Waals surface area contributed by atoms with Crippen LogP contribution in [0.2, 0.25) is 0 Å². The molecule has 89 valence electrons. The van der Waals surface area contributed by atoms with Gasteiger partial charge in [0.15, 0.2) is 6.61 Å². The van der Waals surface area contributed by atoms with E-state index in [-0.39, 0.29) is 11.3 Å². The molecule has 0 bridgehead atoms. The molecule has 0 spiro atoms. The zero-order valence-electron chi connectivity index (χ0n) is 10.2. The smallest absolute Gasteiger partial charge is 0.247 e. The second kappa shape index (κ2) is 4.30. The molecule has 17 heavy (non-hydrogen) atoms. The molecule has 1 aromatic heterocycles. The summed E-state index contributed by atoms with van der Waals surface area (Å²) in [6.07, 6.45) is 0. The zero-order chi connectivity index (χ0) is 12.5. The molecule has 1 aromatic carbocycles. The van der Waals surface area contributed by atoms with E-state index in [1.54, 1.807) is 0 Å². The molecule has 2 aromatic rings. The van der Waals surface area contributed by atoms with Crippen molar-refractivity contribution < 1.29 is 9.52 Å². The molecule has 2 rings (SSSR count). The quantitative estimate of drug-likeness (QED) is 0.798. The fraction of sp³-hybridized carbons (Fsp3) is 0.385. The molecule has 0 aliphatic carbocycles. The first kappa shape index (κ1) is 11.8. The number of rotatable bonds is 2. The predicted molar refractivity (Wildman–Crippen MR) is 62.8 cm³/mol. The van der Waals surface area contributed by atoms with Crippen molar-refractivity contribution in [3.8, 4) is 11.5 Å². The maximum atomic E-state index is 10.6. The average molecular weight is 231 g/mol. The Morgan fingerprint density at radius 3 is 2.24 bits per heavy atom. The monoisotopic (exact) mass is 231 g/mol. The molecular formula is C13H15N2O2. The highest BCUT2D eigenvalue weighted by Gasteiger charge is 2.14. The Bertz CT molecular complexity index is 495. The van der Waals surface area contributed by atoms with Gasteiger partial charge in [0.25, 0.3) is 0 Å². The van der Waals surface area contributed by atoms with Gasteiger partial charge in [-0.1, -0.05) is 32.9 Å². The Morgan fingerprint density at radius 1 is 1.12 bits per heavy atom. The van der Waals surface area contributed by atoms with Gasteiger partial charge in [-0.3, -0.25) is 0 Å². The van der Waals surface area contributed by atoms with E-state index in [2.05, 4.69) is 31.0 Å². The van der Waals surface area contributed by atoms with Crippen molar-refractivity contribution in [2.75, 3.05) is 0 Å². The second-order valence-electron chi connectivity index (χ2n) is 4.97. The Morgan fingerprint density at radius 2 is 1.76 bits per heavy atom. The molecule has 0 fully saturated rings. The van der Waals surface area contributed by atoms with Gasteiger partial charge in [0.05, 0.1) is 0 Å². The van der Waals surface area contributed by atoms with Crippen LogP contribution in [0.3, 0.4) is 0 Å². The van der Waals surface area contributed by atoms with Crippen LogP contribution in [0, 0.1) is 0 Å². The topological polar surface area (TPSA) is 58.8 Å². The summed E-state index contributed by atoms with van der Waals surface area (Å²) in [5.74, 6) is 0.524. The fourth-order valence-corrected chi connectivity index (χ4v) is 1.54. The molecule has 0 saturated heterocycles. The van der Waals surface area contributed by atoms with Gasteiger partial charge in [0.2, 0.25) is 11.8 Å². The van der Waals surface area contributed by atoms with E-state index < -0.39 is 6.61 Å². The van der Waals surface area contributed by atoms with Crippen molar-refractivity contribution in [3.05, 3.63) is 35.7 Å². The zero-order valence-corrected chi connectivity index (χ0v) is 10.2. The van der Waals surface area contributed by atoms with Crippen molar-refractivity contribution in [1.82, 2.24) is 10.2 Å². The fourth-order valence-electron chi connectivity index (χ4n) is 1.54. The Kier molecular flexibility index (Phi) is 2.98. The van der Waals surface area contributed by atoms with E-state index in [1.165, 1.54) is 5.56 Å². The van der Waals surface area contributed by atoms with Crippen LogP contribution in [0.5, 0.6) is 0 Å². The summed E-state index contributed by atoms with van der Waals surface area (Å²) in [6, 6.07) is 7.94. The second-order valence-corrected chi connectivity index (χ2v) is 4.97. The summed E-state index contributed by atoms with van der Waals surface area (Å²) >= 11 is 0. The third-order valence-corrected chi connectivity index (χ3v) is 2.59. The van der Waals surface area contributed by atoms with Crippen LogP contribution in [0.4, 0.5) is 0 Å². The van der Waals surface area contributed by atoms with E-state index in [0.29, 0.717) is 5.89 Å². The lowest BCUT2D eigenvalue weighted by atomic mass is 9.87. The third kappa shape index (κ3) is 2.53. The third-order valence-electron chi connectivity index (χ3n) is 2.59. The molecule has 4 heteroatoms. The van der Waals surface area contributed by atoms with Gasteiger partial charge in [-0.2, -0.15) is 0 Å². The number of nitrogens with zero attached hydrogens (tertiary/aromatic N) is 2. The van der Waals surface area contributed by atoms with Gasteiger partial charge in [0.1, 0.15) is 0 Å². The molecule has 1 radical (unpaired) electrons. The maximum absolute atomic E-state index is 10.6. The Labute approximate surface area is 100 Å². The molecule has 0 amide bonds. The van der Waals surface area contributed by atoms with E-state index in [0.717, 1.165) is 5.56 Å². The van der Waals surface area contributed by atoms with Crippen LogP contribution in [-0.2, 0) is 17.1 Å². The van der Waals surface area contributed by atoms with E-state index in [9.17, 15) is 5.11 Å². The summed E-state index contributed by atoms with van der Waals surface area (Å²) in [4.78, 5) is 0. The van der Waals surface area contributed by atoms with Crippen molar-refractivity contribution in [2.24, 2.45) is 0 Å². The Balaban J connectivity index is 2.29. The van der Waals surface area contributed by atoms with Gasteiger partial charge in [-0.05, 0) is 23.1 Å². The van der Waals surface area contributed by atoms with Gasteiger partial charge < -0.3 is 4.42 Å².